The summed E-state index contributed by atoms with van der Waals surface area (Å²) in [6.45, 7) is 4.97. The fraction of sp³-hybridized carbons (Fsp3) is 1.00. The van der Waals surface area contributed by atoms with Crippen molar-refractivity contribution < 1.29 is 0 Å². The Bertz CT molecular complexity index is 265. The van der Waals surface area contributed by atoms with Crippen LogP contribution < -0.4 is 0 Å². The minimum atomic E-state index is 0.704. The quantitative estimate of drug-likeness (QED) is 0.495. The highest BCUT2D eigenvalue weighted by molar-refractivity contribution is 5.45. The normalized spacial score (nSPS) is 72.5. The zero-order valence-electron chi connectivity index (χ0n) is 7.48. The van der Waals surface area contributed by atoms with E-state index in [0.717, 1.165) is 10.8 Å². The van der Waals surface area contributed by atoms with Gasteiger partial charge in [0.05, 0.1) is 0 Å². The lowest BCUT2D eigenvalue weighted by Gasteiger charge is -2.44. The number of hydrogen-bond donors (Lipinski definition) is 0. The Balaban J connectivity index is 1.80. The molecule has 0 N–H and O–H groups in total. The van der Waals surface area contributed by atoms with Gasteiger partial charge in [-0.1, -0.05) is 13.8 Å². The highest BCUT2D eigenvalue weighted by Crippen LogP contribution is 3.04. The topological polar surface area (TPSA) is 0 Å². The molecule has 0 aliphatic heterocycles. The first-order valence-corrected chi connectivity index (χ1v) is 5.10. The molecule has 0 aromatic carbocycles. The molecule has 0 aromatic rings. The average Bonchev–Trinajstić information content (AvgIpc) is 2.44. The second-order valence-electron chi connectivity index (χ2n) is 6.48. The highest BCUT2D eigenvalue weighted by atomic mass is 15.0. The van der Waals surface area contributed by atoms with Crippen LogP contribution in [-0.4, -0.2) is 0 Å². The Kier molecular flexibility index (Phi) is 0.527. The molecule has 0 saturated heterocycles. The van der Waals surface area contributed by atoms with Gasteiger partial charge in [-0.2, -0.15) is 0 Å². The van der Waals surface area contributed by atoms with Gasteiger partial charge in [0.1, 0.15) is 0 Å². The van der Waals surface area contributed by atoms with Crippen LogP contribution in [-0.2, 0) is 0 Å². The summed E-state index contributed by atoms with van der Waals surface area (Å²) < 4.78 is 0. The zero-order chi connectivity index (χ0) is 7.48. The van der Waals surface area contributed by atoms with Crippen molar-refractivity contribution in [3.8, 4) is 0 Å². The Morgan fingerprint density at radius 2 is 1.82 bits per heavy atom. The van der Waals surface area contributed by atoms with Crippen molar-refractivity contribution in [2.75, 3.05) is 0 Å². The fourth-order valence-corrected chi connectivity index (χ4v) is 5.29. The van der Waals surface area contributed by atoms with Crippen molar-refractivity contribution in [2.24, 2.45) is 28.1 Å². The van der Waals surface area contributed by atoms with Gasteiger partial charge >= 0.3 is 0 Å². The fourth-order valence-electron chi connectivity index (χ4n) is 5.29. The average molecular weight is 148 g/mol. The summed E-state index contributed by atoms with van der Waals surface area (Å²) in [4.78, 5) is 0. The van der Waals surface area contributed by atoms with E-state index in [2.05, 4.69) is 13.8 Å². The van der Waals surface area contributed by atoms with Crippen molar-refractivity contribution >= 4 is 0 Å². The summed E-state index contributed by atoms with van der Waals surface area (Å²) >= 11 is 0. The molecule has 0 amide bonds. The lowest BCUT2D eigenvalue weighted by molar-refractivity contribution is 0.0584. The third kappa shape index (κ3) is 0.346. The van der Waals surface area contributed by atoms with Gasteiger partial charge in [-0.3, -0.25) is 0 Å². The van der Waals surface area contributed by atoms with E-state index in [9.17, 15) is 0 Å². The third-order valence-corrected chi connectivity index (χ3v) is 5.31. The first-order valence-electron chi connectivity index (χ1n) is 5.10. The molecule has 3 unspecified atom stereocenters. The van der Waals surface area contributed by atoms with Crippen molar-refractivity contribution in [3.63, 3.8) is 0 Å². The molecule has 4 aliphatic carbocycles. The van der Waals surface area contributed by atoms with E-state index in [1.165, 1.54) is 11.8 Å². The maximum atomic E-state index is 2.48. The van der Waals surface area contributed by atoms with Crippen LogP contribution in [0.4, 0.5) is 0 Å². The monoisotopic (exact) mass is 148 g/mol. The maximum absolute atomic E-state index is 2.48. The standard InChI is InChI=1S/C11H16/c1-9(2)3-7-4-10-6-11(10,5-9)8(7)10/h7-8H,3-6H2,1-2H3/t7-,8?,10?,11?/m1/s1. The van der Waals surface area contributed by atoms with Crippen LogP contribution in [0.25, 0.3) is 0 Å². The van der Waals surface area contributed by atoms with Gasteiger partial charge in [0.15, 0.2) is 0 Å². The van der Waals surface area contributed by atoms with E-state index in [-0.39, 0.29) is 0 Å². The Labute approximate surface area is 68.4 Å². The second-order valence-corrected chi connectivity index (χ2v) is 6.48. The molecule has 0 heteroatoms. The summed E-state index contributed by atoms with van der Waals surface area (Å²) in [6, 6.07) is 0. The summed E-state index contributed by atoms with van der Waals surface area (Å²) in [6.07, 6.45) is 6.37. The lowest BCUT2D eigenvalue weighted by atomic mass is 9.61. The molecule has 11 heavy (non-hydrogen) atoms. The van der Waals surface area contributed by atoms with Gasteiger partial charge < -0.3 is 0 Å². The third-order valence-electron chi connectivity index (χ3n) is 5.31. The number of rotatable bonds is 0. The largest absolute Gasteiger partial charge is 0.0599 e. The summed E-state index contributed by atoms with van der Waals surface area (Å²) in [5.41, 5.74) is 2.65. The van der Waals surface area contributed by atoms with E-state index in [1.807, 2.05) is 0 Å². The highest BCUT2D eigenvalue weighted by Gasteiger charge is 2.97. The van der Waals surface area contributed by atoms with Crippen LogP contribution in [0.1, 0.15) is 39.5 Å². The van der Waals surface area contributed by atoms with E-state index < -0.39 is 0 Å². The minimum Gasteiger partial charge on any atom is -0.0599 e. The Hall–Kier alpha value is 0. The van der Waals surface area contributed by atoms with E-state index in [0.29, 0.717) is 5.41 Å². The maximum Gasteiger partial charge on any atom is -0.0191 e. The molecule has 4 saturated carbocycles. The van der Waals surface area contributed by atoms with Crippen LogP contribution in [0.2, 0.25) is 0 Å². The molecule has 4 rings (SSSR count). The van der Waals surface area contributed by atoms with Crippen molar-refractivity contribution in [1.82, 2.24) is 0 Å². The van der Waals surface area contributed by atoms with Crippen LogP contribution in [0.3, 0.4) is 0 Å². The molecule has 4 aliphatic rings. The molecule has 0 heterocycles. The van der Waals surface area contributed by atoms with Crippen LogP contribution in [0.5, 0.6) is 0 Å². The first kappa shape index (κ1) is 5.61. The van der Waals surface area contributed by atoms with Crippen molar-refractivity contribution in [3.05, 3.63) is 0 Å². The molecular weight excluding hydrogens is 132 g/mol. The lowest BCUT2D eigenvalue weighted by Crippen LogP contribution is -2.35. The zero-order valence-corrected chi connectivity index (χ0v) is 7.48. The SMILES string of the molecule is CC1(C)C[C@@H]2CC34CC3(C1)C24. The molecule has 60 valence electrons. The molecule has 4 atom stereocenters. The van der Waals surface area contributed by atoms with E-state index in [4.69, 9.17) is 0 Å². The molecule has 4 fully saturated rings. The van der Waals surface area contributed by atoms with Gasteiger partial charge in [-0.25, -0.2) is 0 Å². The molecular formula is C11H16. The summed E-state index contributed by atoms with van der Waals surface area (Å²) in [5.74, 6) is 2.43. The van der Waals surface area contributed by atoms with Crippen molar-refractivity contribution in [1.29, 1.82) is 0 Å². The van der Waals surface area contributed by atoms with Gasteiger partial charge in [0, 0.05) is 0 Å². The van der Waals surface area contributed by atoms with Crippen LogP contribution in [0.15, 0.2) is 0 Å². The van der Waals surface area contributed by atoms with Gasteiger partial charge in [-0.15, -0.1) is 0 Å². The molecule has 2 spiro atoms. The summed E-state index contributed by atoms with van der Waals surface area (Å²) in [7, 11) is 0. The molecule has 0 radical (unpaired) electrons. The van der Waals surface area contributed by atoms with Gasteiger partial charge in [0.2, 0.25) is 0 Å². The van der Waals surface area contributed by atoms with Gasteiger partial charge in [-0.05, 0) is 53.8 Å². The summed E-state index contributed by atoms with van der Waals surface area (Å²) in [5, 5.41) is 0. The smallest absolute Gasteiger partial charge is 0.0191 e. The number of hydrogen-bond acceptors (Lipinski definition) is 0. The molecule has 0 aromatic heterocycles. The first-order chi connectivity index (χ1) is 5.10. The van der Waals surface area contributed by atoms with Gasteiger partial charge in [0.25, 0.3) is 0 Å². The Morgan fingerprint density at radius 1 is 1.00 bits per heavy atom. The predicted octanol–water partition coefficient (Wildman–Crippen LogP) is 2.83. The second kappa shape index (κ2) is 1.03. The molecule has 0 bridgehead atoms. The van der Waals surface area contributed by atoms with E-state index >= 15 is 0 Å². The van der Waals surface area contributed by atoms with E-state index in [1.54, 1.807) is 25.7 Å². The Morgan fingerprint density at radius 3 is 2.55 bits per heavy atom. The minimum absolute atomic E-state index is 0.704. The van der Waals surface area contributed by atoms with Crippen LogP contribution >= 0.6 is 0 Å². The van der Waals surface area contributed by atoms with Crippen LogP contribution in [0, 0.1) is 28.1 Å². The predicted molar refractivity (Wildman–Crippen MR) is 44.1 cm³/mol. The van der Waals surface area contributed by atoms with Crippen molar-refractivity contribution in [2.45, 2.75) is 39.5 Å². The molecule has 0 nitrogen and oxygen atoms in total.